The molecule has 0 atom stereocenters. The topological polar surface area (TPSA) is 53.2 Å². The molecule has 0 bridgehead atoms. The molecule has 0 saturated heterocycles. The molecule has 0 unspecified atom stereocenters. The third-order valence-corrected chi connectivity index (χ3v) is 4.19. The van der Waals surface area contributed by atoms with Gasteiger partial charge in [0, 0.05) is 14.7 Å². The third-order valence-electron chi connectivity index (χ3n) is 2.77. The third kappa shape index (κ3) is 3.62. The van der Waals surface area contributed by atoms with Crippen LogP contribution in [-0.4, -0.2) is 5.11 Å². The number of benzene rings is 2. The largest absolute Gasteiger partial charge is 0.487 e. The maximum atomic E-state index is 9.43. The zero-order chi connectivity index (χ0) is 14.5. The summed E-state index contributed by atoms with van der Waals surface area (Å²) in [5.74, 6) is 0.682. The number of halogens is 2. The zero-order valence-corrected chi connectivity index (χ0v) is 14.8. The van der Waals surface area contributed by atoms with Gasteiger partial charge in [-0.05, 0) is 63.4 Å². The van der Waals surface area contributed by atoms with Crippen LogP contribution < -0.4 is 4.74 Å². The smallest absolute Gasteiger partial charge is 0.138 e. The van der Waals surface area contributed by atoms with Crippen molar-refractivity contribution < 1.29 is 9.84 Å². The van der Waals surface area contributed by atoms with Gasteiger partial charge < -0.3 is 9.84 Å². The van der Waals surface area contributed by atoms with Gasteiger partial charge in [0.15, 0.2) is 0 Å². The first-order chi connectivity index (χ1) is 9.65. The predicted octanol–water partition coefficient (Wildman–Crippen LogP) is 3.84. The molecule has 1 N–H and O–H groups in total. The van der Waals surface area contributed by atoms with Gasteiger partial charge in [0.25, 0.3) is 0 Å². The normalized spacial score (nSPS) is 10.1. The van der Waals surface area contributed by atoms with Crippen molar-refractivity contribution in [2.45, 2.75) is 13.2 Å². The molecule has 0 aliphatic heterocycles. The number of aliphatic hydroxyl groups is 1. The SMILES string of the molecule is N#Cc1ccccc1COc1c(I)cc(I)cc1CO. The summed E-state index contributed by atoms with van der Waals surface area (Å²) in [6, 6.07) is 13.4. The van der Waals surface area contributed by atoms with E-state index in [1.807, 2.05) is 30.3 Å². The van der Waals surface area contributed by atoms with E-state index in [1.54, 1.807) is 6.07 Å². The van der Waals surface area contributed by atoms with Crippen molar-refractivity contribution in [3.63, 3.8) is 0 Å². The highest BCUT2D eigenvalue weighted by atomic mass is 127. The number of nitrogens with zero attached hydrogens (tertiary/aromatic N) is 1. The Hall–Kier alpha value is -0.850. The van der Waals surface area contributed by atoms with Crippen LogP contribution >= 0.6 is 45.2 Å². The van der Waals surface area contributed by atoms with Gasteiger partial charge in [0.1, 0.15) is 12.4 Å². The standard InChI is InChI=1S/C15H11I2NO2/c16-13-5-12(8-19)15(14(17)6-13)20-9-11-4-2-1-3-10(11)7-18/h1-6,19H,8-9H2. The molecule has 0 fully saturated rings. The highest BCUT2D eigenvalue weighted by Gasteiger charge is 2.11. The number of hydrogen-bond donors (Lipinski definition) is 1. The number of nitriles is 1. The monoisotopic (exact) mass is 491 g/mol. The summed E-state index contributed by atoms with van der Waals surface area (Å²) in [7, 11) is 0. The molecule has 2 rings (SSSR count). The van der Waals surface area contributed by atoms with Gasteiger partial charge in [0.05, 0.1) is 21.8 Å². The first-order valence-corrected chi connectivity index (χ1v) is 8.01. The molecule has 3 nitrogen and oxygen atoms in total. The van der Waals surface area contributed by atoms with E-state index >= 15 is 0 Å². The lowest BCUT2D eigenvalue weighted by Crippen LogP contribution is -2.03. The summed E-state index contributed by atoms with van der Waals surface area (Å²) in [6.07, 6.45) is 0. The molecule has 0 aliphatic rings. The minimum atomic E-state index is -0.0674. The molecular formula is C15H11I2NO2. The van der Waals surface area contributed by atoms with Crippen molar-refractivity contribution in [1.29, 1.82) is 5.26 Å². The molecule has 20 heavy (non-hydrogen) atoms. The zero-order valence-electron chi connectivity index (χ0n) is 10.4. The molecule has 0 radical (unpaired) electrons. The summed E-state index contributed by atoms with van der Waals surface area (Å²) in [5, 5.41) is 18.5. The molecule has 2 aromatic carbocycles. The first-order valence-electron chi connectivity index (χ1n) is 5.85. The summed E-state index contributed by atoms with van der Waals surface area (Å²) in [5.41, 5.74) is 2.21. The average Bonchev–Trinajstić information content (AvgIpc) is 2.45. The maximum absolute atomic E-state index is 9.43. The molecule has 0 aromatic heterocycles. The molecule has 102 valence electrons. The average molecular weight is 491 g/mol. The minimum Gasteiger partial charge on any atom is -0.487 e. The second-order valence-corrected chi connectivity index (χ2v) is 6.50. The fourth-order valence-electron chi connectivity index (χ4n) is 1.80. The molecular weight excluding hydrogens is 480 g/mol. The van der Waals surface area contributed by atoms with Crippen molar-refractivity contribution in [3.05, 3.63) is 60.2 Å². The van der Waals surface area contributed by atoms with Crippen LogP contribution in [0.1, 0.15) is 16.7 Å². The fraction of sp³-hybridized carbons (Fsp3) is 0.133. The Morgan fingerprint density at radius 3 is 2.60 bits per heavy atom. The molecule has 0 spiro atoms. The van der Waals surface area contributed by atoms with Gasteiger partial charge in [0.2, 0.25) is 0 Å². The highest BCUT2D eigenvalue weighted by Crippen LogP contribution is 2.29. The summed E-state index contributed by atoms with van der Waals surface area (Å²) in [4.78, 5) is 0. The van der Waals surface area contributed by atoms with Crippen LogP contribution in [0.5, 0.6) is 5.75 Å². The minimum absolute atomic E-state index is 0.0674. The van der Waals surface area contributed by atoms with Crippen LogP contribution in [0.15, 0.2) is 36.4 Å². The van der Waals surface area contributed by atoms with Gasteiger partial charge in [-0.15, -0.1) is 0 Å². The van der Waals surface area contributed by atoms with Crippen molar-refractivity contribution >= 4 is 45.2 Å². The Balaban J connectivity index is 2.25. The van der Waals surface area contributed by atoms with Crippen LogP contribution in [0.4, 0.5) is 0 Å². The predicted molar refractivity (Wildman–Crippen MR) is 93.3 cm³/mol. The van der Waals surface area contributed by atoms with Crippen LogP contribution in [0, 0.1) is 18.5 Å². The Morgan fingerprint density at radius 1 is 1.15 bits per heavy atom. The van der Waals surface area contributed by atoms with E-state index < -0.39 is 0 Å². The van der Waals surface area contributed by atoms with E-state index in [-0.39, 0.29) is 6.61 Å². The second-order valence-electron chi connectivity index (χ2n) is 4.09. The first kappa shape index (κ1) is 15.5. The quantitative estimate of drug-likeness (QED) is 0.662. The molecule has 0 aliphatic carbocycles. The van der Waals surface area contributed by atoms with Gasteiger partial charge in [-0.2, -0.15) is 5.26 Å². The summed E-state index contributed by atoms with van der Waals surface area (Å²) < 4.78 is 7.83. The van der Waals surface area contributed by atoms with E-state index in [0.29, 0.717) is 17.9 Å². The Bertz CT molecular complexity index is 665. The van der Waals surface area contributed by atoms with Gasteiger partial charge >= 0.3 is 0 Å². The van der Waals surface area contributed by atoms with Gasteiger partial charge in [-0.1, -0.05) is 18.2 Å². The Kier molecular flexibility index (Phi) is 5.63. The van der Waals surface area contributed by atoms with E-state index in [9.17, 15) is 5.11 Å². The van der Waals surface area contributed by atoms with Crippen LogP contribution in [-0.2, 0) is 13.2 Å². The summed E-state index contributed by atoms with van der Waals surface area (Å²) in [6.45, 7) is 0.245. The van der Waals surface area contributed by atoms with E-state index in [4.69, 9.17) is 10.00 Å². The lowest BCUT2D eigenvalue weighted by molar-refractivity contribution is 0.257. The summed E-state index contributed by atoms with van der Waals surface area (Å²) >= 11 is 4.40. The molecule has 0 saturated carbocycles. The number of aliphatic hydroxyl groups excluding tert-OH is 1. The van der Waals surface area contributed by atoms with Crippen molar-refractivity contribution in [3.8, 4) is 11.8 Å². The maximum Gasteiger partial charge on any atom is 0.138 e. The highest BCUT2D eigenvalue weighted by molar-refractivity contribution is 14.1. The van der Waals surface area contributed by atoms with Gasteiger partial charge in [-0.3, -0.25) is 0 Å². The van der Waals surface area contributed by atoms with Crippen LogP contribution in [0.2, 0.25) is 0 Å². The van der Waals surface area contributed by atoms with Crippen LogP contribution in [0.3, 0.4) is 0 Å². The lowest BCUT2D eigenvalue weighted by atomic mass is 10.1. The van der Waals surface area contributed by atoms with Crippen molar-refractivity contribution in [1.82, 2.24) is 0 Å². The second kappa shape index (κ2) is 7.24. The Morgan fingerprint density at radius 2 is 1.90 bits per heavy atom. The van der Waals surface area contributed by atoms with Crippen molar-refractivity contribution in [2.75, 3.05) is 0 Å². The Labute approximate surface area is 144 Å². The van der Waals surface area contributed by atoms with Gasteiger partial charge in [-0.25, -0.2) is 0 Å². The molecule has 0 amide bonds. The number of rotatable bonds is 4. The lowest BCUT2D eigenvalue weighted by Gasteiger charge is -2.13. The van der Waals surface area contributed by atoms with E-state index in [2.05, 4.69) is 51.3 Å². The van der Waals surface area contributed by atoms with E-state index in [1.165, 1.54) is 0 Å². The van der Waals surface area contributed by atoms with E-state index in [0.717, 1.165) is 18.3 Å². The molecule has 5 heteroatoms. The van der Waals surface area contributed by atoms with Crippen LogP contribution in [0.25, 0.3) is 0 Å². The number of hydrogen-bond acceptors (Lipinski definition) is 3. The fourth-order valence-corrected chi connectivity index (χ4v) is 3.92. The number of ether oxygens (including phenoxy) is 1. The molecule has 0 heterocycles. The molecule has 2 aromatic rings. The van der Waals surface area contributed by atoms with Crippen molar-refractivity contribution in [2.24, 2.45) is 0 Å².